The molecule has 1 amide bonds. The number of benzene rings is 2. The summed E-state index contributed by atoms with van der Waals surface area (Å²) in [6.07, 6.45) is 3.51. The summed E-state index contributed by atoms with van der Waals surface area (Å²) in [4.78, 5) is 19.7. The fourth-order valence-corrected chi connectivity index (χ4v) is 4.75. The van der Waals surface area contributed by atoms with Gasteiger partial charge < -0.3 is 15.1 Å². The van der Waals surface area contributed by atoms with E-state index in [1.807, 2.05) is 29.2 Å². The molecule has 6 nitrogen and oxygen atoms in total. The molecule has 2 saturated heterocycles. The Hall–Kier alpha value is -3.04. The first-order chi connectivity index (χ1) is 16.1. The minimum Gasteiger partial charge on any atom is -0.382 e. The molecular formula is C27H35N5O. The number of hydrogen-bond acceptors (Lipinski definition) is 5. The van der Waals surface area contributed by atoms with E-state index >= 15 is 0 Å². The van der Waals surface area contributed by atoms with Crippen LogP contribution in [0.4, 0.5) is 11.4 Å². The molecule has 0 aliphatic carbocycles. The highest BCUT2D eigenvalue weighted by atomic mass is 16.2. The lowest BCUT2D eigenvalue weighted by atomic mass is 10.0. The van der Waals surface area contributed by atoms with Gasteiger partial charge in [-0.3, -0.25) is 9.69 Å². The maximum atomic E-state index is 12.7. The van der Waals surface area contributed by atoms with E-state index in [0.717, 1.165) is 70.8 Å². The topological polar surface area (TPSA) is 62.6 Å². The fraction of sp³-hybridized carbons (Fsp3) is 0.481. The van der Waals surface area contributed by atoms with E-state index < -0.39 is 0 Å². The van der Waals surface area contributed by atoms with Crippen LogP contribution in [0, 0.1) is 18.3 Å². The van der Waals surface area contributed by atoms with Crippen molar-refractivity contribution in [3.05, 3.63) is 59.7 Å². The quantitative estimate of drug-likeness (QED) is 0.701. The number of nitriles is 1. The van der Waals surface area contributed by atoms with E-state index in [1.54, 1.807) is 0 Å². The molecule has 2 fully saturated rings. The number of carbonyl (C=O) groups excluding carboxylic acids is 1. The lowest BCUT2D eigenvalue weighted by molar-refractivity contribution is -0.132. The number of carbonyl (C=O) groups is 1. The summed E-state index contributed by atoms with van der Waals surface area (Å²) in [7, 11) is 0. The van der Waals surface area contributed by atoms with Crippen LogP contribution in [0.25, 0.3) is 0 Å². The first kappa shape index (κ1) is 23.1. The summed E-state index contributed by atoms with van der Waals surface area (Å²) in [5, 5.41) is 12.5. The monoisotopic (exact) mass is 445 g/mol. The van der Waals surface area contributed by atoms with Crippen LogP contribution in [-0.4, -0.2) is 67.6 Å². The van der Waals surface area contributed by atoms with E-state index in [-0.39, 0.29) is 0 Å². The standard InChI is InChI=1S/C27H35N5O/c1-22-4-10-26(11-5-22)31-19-17-30(18-20-31)14-2-3-27(33)32-15-12-25(13-16-32)29-24-8-6-23(21-28)7-9-24/h4-11,25,29H,2-3,12-20H2,1H3. The normalized spacial score (nSPS) is 17.6. The first-order valence-corrected chi connectivity index (χ1v) is 12.2. The maximum Gasteiger partial charge on any atom is 0.222 e. The van der Waals surface area contributed by atoms with Gasteiger partial charge in [-0.05, 0) is 69.1 Å². The van der Waals surface area contributed by atoms with Crippen LogP contribution >= 0.6 is 0 Å². The molecule has 0 radical (unpaired) electrons. The third-order valence-corrected chi connectivity index (χ3v) is 6.87. The second-order valence-electron chi connectivity index (χ2n) is 9.26. The molecule has 2 heterocycles. The Morgan fingerprint density at radius 2 is 1.64 bits per heavy atom. The van der Waals surface area contributed by atoms with Crippen molar-refractivity contribution in [2.24, 2.45) is 0 Å². The van der Waals surface area contributed by atoms with Gasteiger partial charge in [0.25, 0.3) is 0 Å². The third kappa shape index (κ3) is 6.49. The van der Waals surface area contributed by atoms with Gasteiger partial charge in [-0.1, -0.05) is 17.7 Å². The Bertz CT molecular complexity index is 934. The Morgan fingerprint density at radius 1 is 0.970 bits per heavy atom. The Kier molecular flexibility index (Phi) is 7.85. The highest BCUT2D eigenvalue weighted by Gasteiger charge is 2.23. The minimum atomic E-state index is 0.296. The predicted molar refractivity (Wildman–Crippen MR) is 133 cm³/mol. The van der Waals surface area contributed by atoms with Crippen molar-refractivity contribution in [3.8, 4) is 6.07 Å². The zero-order valence-corrected chi connectivity index (χ0v) is 19.7. The van der Waals surface area contributed by atoms with E-state index in [0.29, 0.717) is 23.9 Å². The number of amides is 1. The molecule has 174 valence electrons. The van der Waals surface area contributed by atoms with Crippen molar-refractivity contribution in [3.63, 3.8) is 0 Å². The molecule has 0 aromatic heterocycles. The Balaban J connectivity index is 1.11. The second kappa shape index (κ2) is 11.2. The Morgan fingerprint density at radius 3 is 2.27 bits per heavy atom. The number of hydrogen-bond donors (Lipinski definition) is 1. The van der Waals surface area contributed by atoms with Gasteiger partial charge in [0, 0.05) is 63.1 Å². The van der Waals surface area contributed by atoms with Crippen LogP contribution < -0.4 is 10.2 Å². The molecule has 2 aromatic carbocycles. The second-order valence-corrected chi connectivity index (χ2v) is 9.26. The van der Waals surface area contributed by atoms with E-state index in [1.165, 1.54) is 11.3 Å². The molecule has 4 rings (SSSR count). The van der Waals surface area contributed by atoms with Gasteiger partial charge in [-0.2, -0.15) is 5.26 Å². The van der Waals surface area contributed by atoms with Crippen LogP contribution in [0.2, 0.25) is 0 Å². The summed E-state index contributed by atoms with van der Waals surface area (Å²) >= 11 is 0. The molecule has 0 saturated carbocycles. The summed E-state index contributed by atoms with van der Waals surface area (Å²) in [5.74, 6) is 0.296. The van der Waals surface area contributed by atoms with Gasteiger partial charge in [0.05, 0.1) is 11.6 Å². The fourth-order valence-electron chi connectivity index (χ4n) is 4.75. The molecule has 2 aromatic rings. The molecule has 0 atom stereocenters. The van der Waals surface area contributed by atoms with Crippen molar-refractivity contribution < 1.29 is 4.79 Å². The lowest BCUT2D eigenvalue weighted by Crippen LogP contribution is -2.47. The SMILES string of the molecule is Cc1ccc(N2CCN(CCCC(=O)N3CCC(Nc4ccc(C#N)cc4)CC3)CC2)cc1. The average molecular weight is 446 g/mol. The molecule has 0 unspecified atom stereocenters. The largest absolute Gasteiger partial charge is 0.382 e. The van der Waals surface area contributed by atoms with E-state index in [2.05, 4.69) is 52.4 Å². The number of nitrogens with zero attached hydrogens (tertiary/aromatic N) is 4. The average Bonchev–Trinajstić information content (AvgIpc) is 2.86. The van der Waals surface area contributed by atoms with Gasteiger partial charge in [-0.15, -0.1) is 0 Å². The van der Waals surface area contributed by atoms with E-state index in [9.17, 15) is 4.79 Å². The number of piperazine rings is 1. The van der Waals surface area contributed by atoms with Crippen LogP contribution in [0.1, 0.15) is 36.8 Å². The van der Waals surface area contributed by atoms with Crippen molar-refractivity contribution in [1.29, 1.82) is 5.26 Å². The van der Waals surface area contributed by atoms with Crippen LogP contribution in [0.15, 0.2) is 48.5 Å². The number of likely N-dealkylation sites (tertiary alicyclic amines) is 1. The number of piperidine rings is 1. The van der Waals surface area contributed by atoms with Crippen LogP contribution in [-0.2, 0) is 4.79 Å². The highest BCUT2D eigenvalue weighted by Crippen LogP contribution is 2.19. The maximum absolute atomic E-state index is 12.7. The van der Waals surface area contributed by atoms with Gasteiger partial charge >= 0.3 is 0 Å². The number of aryl methyl sites for hydroxylation is 1. The Labute approximate surface area is 197 Å². The lowest BCUT2D eigenvalue weighted by Gasteiger charge is -2.36. The zero-order chi connectivity index (χ0) is 23.0. The van der Waals surface area contributed by atoms with Crippen molar-refractivity contribution in [2.75, 3.05) is 56.0 Å². The van der Waals surface area contributed by atoms with Crippen LogP contribution in [0.5, 0.6) is 0 Å². The molecule has 6 heteroatoms. The third-order valence-electron chi connectivity index (χ3n) is 6.87. The van der Waals surface area contributed by atoms with Gasteiger partial charge in [0.15, 0.2) is 0 Å². The number of anilines is 2. The minimum absolute atomic E-state index is 0.296. The van der Waals surface area contributed by atoms with Gasteiger partial charge in [0.2, 0.25) is 5.91 Å². The summed E-state index contributed by atoms with van der Waals surface area (Å²) in [6.45, 7) is 9.00. The van der Waals surface area contributed by atoms with E-state index in [4.69, 9.17) is 5.26 Å². The summed E-state index contributed by atoms with van der Waals surface area (Å²) in [6, 6.07) is 18.9. The molecule has 1 N–H and O–H groups in total. The zero-order valence-electron chi connectivity index (χ0n) is 19.7. The number of rotatable bonds is 7. The van der Waals surface area contributed by atoms with Crippen molar-refractivity contribution in [1.82, 2.24) is 9.80 Å². The summed E-state index contributed by atoms with van der Waals surface area (Å²) in [5.41, 5.74) is 4.33. The predicted octanol–water partition coefficient (Wildman–Crippen LogP) is 3.87. The van der Waals surface area contributed by atoms with Gasteiger partial charge in [-0.25, -0.2) is 0 Å². The van der Waals surface area contributed by atoms with Gasteiger partial charge in [0.1, 0.15) is 0 Å². The molecule has 0 spiro atoms. The van der Waals surface area contributed by atoms with Crippen molar-refractivity contribution >= 4 is 17.3 Å². The smallest absolute Gasteiger partial charge is 0.222 e. The highest BCUT2D eigenvalue weighted by molar-refractivity contribution is 5.76. The number of nitrogens with one attached hydrogen (secondary N) is 1. The van der Waals surface area contributed by atoms with Crippen molar-refractivity contribution in [2.45, 2.75) is 38.6 Å². The molecule has 2 aliphatic heterocycles. The van der Waals surface area contributed by atoms with Crippen LogP contribution in [0.3, 0.4) is 0 Å². The molecular weight excluding hydrogens is 410 g/mol. The molecule has 2 aliphatic rings. The molecule has 33 heavy (non-hydrogen) atoms. The first-order valence-electron chi connectivity index (χ1n) is 12.2. The summed E-state index contributed by atoms with van der Waals surface area (Å²) < 4.78 is 0. The molecule has 0 bridgehead atoms.